The number of hydrogen-bond donors (Lipinski definition) is 0. The fourth-order valence-corrected chi connectivity index (χ4v) is 3.38. The lowest BCUT2D eigenvalue weighted by molar-refractivity contribution is 0.804. The summed E-state index contributed by atoms with van der Waals surface area (Å²) in [5.74, 6) is 0.768. The number of hydrogen-bond acceptors (Lipinski definition) is 5. The molecule has 0 bridgehead atoms. The lowest BCUT2D eigenvalue weighted by Crippen LogP contribution is -2.26. The van der Waals surface area contributed by atoms with E-state index >= 15 is 0 Å². The number of rotatable bonds is 5. The average molecular weight is 387 g/mol. The molecule has 4 rings (SSSR count). The van der Waals surface area contributed by atoms with Gasteiger partial charge in [0.05, 0.1) is 41.2 Å². The summed E-state index contributed by atoms with van der Waals surface area (Å²) in [4.78, 5) is 11.0. The molecule has 0 aliphatic rings. The van der Waals surface area contributed by atoms with Gasteiger partial charge in [0.15, 0.2) is 0 Å². The van der Waals surface area contributed by atoms with Crippen molar-refractivity contribution >= 4 is 11.5 Å². The van der Waals surface area contributed by atoms with Crippen LogP contribution >= 0.6 is 0 Å². The quantitative estimate of drug-likeness (QED) is 0.473. The molecule has 30 heavy (non-hydrogen) atoms. The first kappa shape index (κ1) is 18.9. The van der Waals surface area contributed by atoms with Crippen LogP contribution in [0.3, 0.4) is 0 Å². The predicted octanol–water partition coefficient (Wildman–Crippen LogP) is 5.15. The predicted molar refractivity (Wildman–Crippen MR) is 115 cm³/mol. The van der Waals surface area contributed by atoms with Gasteiger partial charge in [-0.05, 0) is 59.7 Å². The highest BCUT2D eigenvalue weighted by molar-refractivity contribution is 5.63. The molecular formula is C25H17N5. The van der Waals surface area contributed by atoms with Crippen LogP contribution in [0.4, 0.5) is 11.5 Å². The molecule has 0 spiro atoms. The van der Waals surface area contributed by atoms with Gasteiger partial charge in [0.25, 0.3) is 0 Å². The van der Waals surface area contributed by atoms with Gasteiger partial charge in [-0.25, -0.2) is 4.98 Å². The summed E-state index contributed by atoms with van der Waals surface area (Å²) in [7, 11) is 0. The van der Waals surface area contributed by atoms with Crippen LogP contribution in [0.2, 0.25) is 0 Å². The molecule has 2 aromatic carbocycles. The maximum atomic E-state index is 9.20. The number of anilines is 2. The van der Waals surface area contributed by atoms with Crippen LogP contribution in [0, 0.1) is 22.7 Å². The number of nitrogens with zero attached hydrogens (tertiary/aromatic N) is 5. The maximum absolute atomic E-state index is 9.20. The Morgan fingerprint density at radius 2 is 1.33 bits per heavy atom. The summed E-state index contributed by atoms with van der Waals surface area (Å²) in [6.45, 7) is 0. The molecule has 0 unspecified atom stereocenters. The molecule has 2 heterocycles. The molecule has 5 heteroatoms. The topological polar surface area (TPSA) is 76.6 Å². The first-order valence-corrected chi connectivity index (χ1v) is 9.40. The number of benzene rings is 2. The van der Waals surface area contributed by atoms with Crippen LogP contribution in [0.5, 0.6) is 0 Å². The third-order valence-electron chi connectivity index (χ3n) is 4.79. The minimum Gasteiger partial charge on any atom is -0.313 e. The molecule has 0 saturated carbocycles. The van der Waals surface area contributed by atoms with E-state index in [2.05, 4.69) is 27.0 Å². The van der Waals surface area contributed by atoms with Gasteiger partial charge in [-0.1, -0.05) is 30.3 Å². The number of aromatic nitrogens is 2. The van der Waals surface area contributed by atoms with E-state index in [0.29, 0.717) is 11.1 Å². The van der Waals surface area contributed by atoms with Crippen molar-refractivity contribution in [3.05, 3.63) is 120 Å². The zero-order chi connectivity index (χ0) is 20.8. The fraction of sp³-hybridized carbons (Fsp3) is 0.0400. The average Bonchev–Trinajstić information content (AvgIpc) is 2.84. The van der Waals surface area contributed by atoms with Crippen molar-refractivity contribution in [3.8, 4) is 12.1 Å². The summed E-state index contributed by atoms with van der Waals surface area (Å²) >= 11 is 0. The van der Waals surface area contributed by atoms with E-state index in [4.69, 9.17) is 0 Å². The maximum Gasteiger partial charge on any atom is 0.133 e. The molecule has 4 aromatic rings. The highest BCUT2D eigenvalue weighted by Gasteiger charge is 2.25. The Hall–Kier alpha value is -4.48. The molecule has 0 fully saturated rings. The Morgan fingerprint density at radius 1 is 0.700 bits per heavy atom. The summed E-state index contributed by atoms with van der Waals surface area (Å²) in [5, 5.41) is 18.4. The molecule has 0 aliphatic carbocycles. The molecule has 0 radical (unpaired) electrons. The summed E-state index contributed by atoms with van der Waals surface area (Å²) in [5.41, 5.74) is 4.07. The lowest BCUT2D eigenvalue weighted by Gasteiger charge is -2.33. The fourth-order valence-electron chi connectivity index (χ4n) is 3.38. The van der Waals surface area contributed by atoms with Crippen molar-refractivity contribution < 1.29 is 0 Å². The molecule has 0 amide bonds. The second kappa shape index (κ2) is 8.68. The Balaban J connectivity index is 1.93. The zero-order valence-corrected chi connectivity index (χ0v) is 16.1. The van der Waals surface area contributed by atoms with Crippen LogP contribution < -0.4 is 4.90 Å². The minimum atomic E-state index is -0.232. The van der Waals surface area contributed by atoms with E-state index in [1.54, 1.807) is 18.6 Å². The monoisotopic (exact) mass is 387 g/mol. The molecule has 0 N–H and O–H groups in total. The normalized spacial score (nSPS) is 10.2. The third-order valence-corrected chi connectivity index (χ3v) is 4.79. The van der Waals surface area contributed by atoms with E-state index in [1.165, 1.54) is 0 Å². The summed E-state index contributed by atoms with van der Waals surface area (Å²) < 4.78 is 0. The Bertz CT molecular complexity index is 1090. The van der Waals surface area contributed by atoms with Crippen molar-refractivity contribution in [2.24, 2.45) is 0 Å². The molecule has 5 nitrogen and oxygen atoms in total. The van der Waals surface area contributed by atoms with Gasteiger partial charge >= 0.3 is 0 Å². The second-order valence-electron chi connectivity index (χ2n) is 6.64. The molecular weight excluding hydrogens is 370 g/mol. The van der Waals surface area contributed by atoms with E-state index in [9.17, 15) is 10.5 Å². The zero-order valence-electron chi connectivity index (χ0n) is 16.1. The minimum absolute atomic E-state index is 0.232. The molecule has 0 atom stereocenters. The standard InChI is InChI=1S/C25H17N5/c26-16-19-6-10-21(11-7-19)25(22-12-8-20(17-27)9-13-22)30(23-4-3-14-28-18-23)24-5-1-2-15-29-24/h1-15,18,25H. The van der Waals surface area contributed by atoms with Gasteiger partial charge in [0, 0.05) is 12.4 Å². The first-order chi connectivity index (χ1) is 14.8. The third kappa shape index (κ3) is 3.87. The Morgan fingerprint density at radius 3 is 1.80 bits per heavy atom. The molecule has 142 valence electrons. The van der Waals surface area contributed by atoms with Crippen molar-refractivity contribution in [3.63, 3.8) is 0 Å². The van der Waals surface area contributed by atoms with Crippen LogP contribution in [0.15, 0.2) is 97.5 Å². The van der Waals surface area contributed by atoms with E-state index < -0.39 is 0 Å². The summed E-state index contributed by atoms with van der Waals surface area (Å²) in [6, 6.07) is 28.8. The lowest BCUT2D eigenvalue weighted by atomic mass is 9.95. The second-order valence-corrected chi connectivity index (χ2v) is 6.64. The van der Waals surface area contributed by atoms with Gasteiger partial charge in [-0.15, -0.1) is 0 Å². The number of pyridine rings is 2. The van der Waals surface area contributed by atoms with Gasteiger partial charge in [-0.2, -0.15) is 10.5 Å². The van der Waals surface area contributed by atoms with Crippen molar-refractivity contribution in [2.45, 2.75) is 6.04 Å². The van der Waals surface area contributed by atoms with Crippen molar-refractivity contribution in [1.29, 1.82) is 10.5 Å². The molecule has 2 aromatic heterocycles. The van der Waals surface area contributed by atoms with E-state index in [-0.39, 0.29) is 6.04 Å². The van der Waals surface area contributed by atoms with Crippen LogP contribution in [0.1, 0.15) is 28.3 Å². The van der Waals surface area contributed by atoms with Crippen LogP contribution in [-0.2, 0) is 0 Å². The van der Waals surface area contributed by atoms with Crippen molar-refractivity contribution in [1.82, 2.24) is 9.97 Å². The van der Waals surface area contributed by atoms with Gasteiger partial charge in [0.2, 0.25) is 0 Å². The van der Waals surface area contributed by atoms with Crippen molar-refractivity contribution in [2.75, 3.05) is 4.90 Å². The Kier molecular flexibility index (Phi) is 5.46. The highest BCUT2D eigenvalue weighted by Crippen LogP contribution is 2.38. The largest absolute Gasteiger partial charge is 0.313 e. The Labute approximate surface area is 175 Å². The molecule has 0 aliphatic heterocycles. The van der Waals surface area contributed by atoms with Crippen LogP contribution in [-0.4, -0.2) is 9.97 Å². The number of nitriles is 2. The van der Waals surface area contributed by atoms with E-state index in [1.807, 2.05) is 78.9 Å². The SMILES string of the molecule is N#Cc1ccc(C(c2ccc(C#N)cc2)N(c2cccnc2)c2ccccn2)cc1. The smallest absolute Gasteiger partial charge is 0.133 e. The van der Waals surface area contributed by atoms with Gasteiger partial charge in [0.1, 0.15) is 5.82 Å². The van der Waals surface area contributed by atoms with E-state index in [0.717, 1.165) is 22.6 Å². The summed E-state index contributed by atoms with van der Waals surface area (Å²) in [6.07, 6.45) is 5.29. The van der Waals surface area contributed by atoms with Gasteiger partial charge < -0.3 is 4.90 Å². The first-order valence-electron chi connectivity index (χ1n) is 9.40. The van der Waals surface area contributed by atoms with Crippen LogP contribution in [0.25, 0.3) is 0 Å². The molecule has 0 saturated heterocycles. The van der Waals surface area contributed by atoms with Gasteiger partial charge in [-0.3, -0.25) is 4.98 Å². The highest BCUT2D eigenvalue weighted by atomic mass is 15.2.